The molecular weight excluding hydrogens is 515 g/mol. The lowest BCUT2D eigenvalue weighted by Crippen LogP contribution is -2.50. The van der Waals surface area contributed by atoms with E-state index >= 15 is 0 Å². The molecule has 8 heteroatoms. The van der Waals surface area contributed by atoms with E-state index in [1.807, 2.05) is 26.0 Å². The standard InChI is InChI=1S/C24H29BrCl2N2O3/c1-4-6-11-28-24(31)22(5-2)29(14-17-7-8-18(26)13-21(17)27)23(30)15-32-19-9-10-20(25)16(3)12-19/h7-10,12-13,22H,4-6,11,14-15H2,1-3H3,(H,28,31)/t22-/m1/s1. The summed E-state index contributed by atoms with van der Waals surface area (Å²) in [4.78, 5) is 27.6. The number of nitrogens with one attached hydrogen (secondary N) is 1. The molecule has 0 aliphatic heterocycles. The van der Waals surface area contributed by atoms with Crippen LogP contribution in [-0.2, 0) is 16.1 Å². The van der Waals surface area contributed by atoms with Crippen LogP contribution in [0.3, 0.4) is 0 Å². The lowest BCUT2D eigenvalue weighted by molar-refractivity contribution is -0.143. The molecule has 2 aromatic carbocycles. The Hall–Kier alpha value is -1.76. The number of ether oxygens (including phenoxy) is 1. The second-order valence-corrected chi connectivity index (χ2v) is 9.22. The van der Waals surface area contributed by atoms with Crippen LogP contribution in [0.15, 0.2) is 40.9 Å². The van der Waals surface area contributed by atoms with Crippen molar-refractivity contribution >= 4 is 50.9 Å². The van der Waals surface area contributed by atoms with E-state index in [-0.39, 0.29) is 25.0 Å². The zero-order valence-corrected chi connectivity index (χ0v) is 21.7. The van der Waals surface area contributed by atoms with Gasteiger partial charge in [0.2, 0.25) is 5.91 Å². The van der Waals surface area contributed by atoms with Crippen molar-refractivity contribution in [3.05, 3.63) is 62.0 Å². The van der Waals surface area contributed by atoms with Crippen LogP contribution in [0, 0.1) is 6.92 Å². The number of carbonyl (C=O) groups excluding carboxylic acids is 2. The van der Waals surface area contributed by atoms with Crippen molar-refractivity contribution in [2.45, 2.75) is 52.6 Å². The summed E-state index contributed by atoms with van der Waals surface area (Å²) in [7, 11) is 0. The molecule has 0 bridgehead atoms. The molecule has 32 heavy (non-hydrogen) atoms. The summed E-state index contributed by atoms with van der Waals surface area (Å²) >= 11 is 15.8. The van der Waals surface area contributed by atoms with Crippen molar-refractivity contribution in [3.63, 3.8) is 0 Å². The van der Waals surface area contributed by atoms with Crippen LogP contribution in [0.25, 0.3) is 0 Å². The third-order valence-corrected chi connectivity index (χ3v) is 6.54. The Kier molecular flexibility index (Phi) is 10.8. The van der Waals surface area contributed by atoms with Gasteiger partial charge in [-0.05, 0) is 61.2 Å². The number of benzene rings is 2. The Morgan fingerprint density at radius 1 is 1.16 bits per heavy atom. The highest BCUT2D eigenvalue weighted by atomic mass is 79.9. The molecule has 0 saturated heterocycles. The zero-order valence-electron chi connectivity index (χ0n) is 18.6. The molecule has 1 atom stereocenters. The fraction of sp³-hybridized carbons (Fsp3) is 0.417. The number of nitrogens with zero attached hydrogens (tertiary/aromatic N) is 1. The summed E-state index contributed by atoms with van der Waals surface area (Å²) in [5.41, 5.74) is 1.71. The Morgan fingerprint density at radius 2 is 1.91 bits per heavy atom. The first kappa shape index (κ1) is 26.5. The minimum Gasteiger partial charge on any atom is -0.484 e. The molecule has 1 N–H and O–H groups in total. The molecule has 0 unspecified atom stereocenters. The van der Waals surface area contributed by atoms with E-state index in [9.17, 15) is 9.59 Å². The van der Waals surface area contributed by atoms with Gasteiger partial charge in [0.25, 0.3) is 5.91 Å². The van der Waals surface area contributed by atoms with Crippen LogP contribution in [0.5, 0.6) is 5.75 Å². The molecule has 2 aromatic rings. The molecule has 0 aliphatic carbocycles. The molecule has 0 saturated carbocycles. The third kappa shape index (κ3) is 7.68. The van der Waals surface area contributed by atoms with E-state index in [0.717, 1.165) is 22.9 Å². The van der Waals surface area contributed by atoms with Crippen LogP contribution in [0.2, 0.25) is 10.0 Å². The molecule has 0 spiro atoms. The van der Waals surface area contributed by atoms with E-state index in [1.54, 1.807) is 24.3 Å². The number of hydrogen-bond acceptors (Lipinski definition) is 3. The molecule has 2 amide bonds. The maximum absolute atomic E-state index is 13.2. The average molecular weight is 544 g/mol. The van der Waals surface area contributed by atoms with Crippen molar-refractivity contribution in [1.29, 1.82) is 0 Å². The maximum Gasteiger partial charge on any atom is 0.261 e. The number of unbranched alkanes of at least 4 members (excludes halogenated alkanes) is 1. The summed E-state index contributed by atoms with van der Waals surface area (Å²) in [5.74, 6) is 0.108. The summed E-state index contributed by atoms with van der Waals surface area (Å²) in [6.45, 7) is 6.45. The molecule has 0 aromatic heterocycles. The molecule has 5 nitrogen and oxygen atoms in total. The number of amides is 2. The number of halogens is 3. The first-order chi connectivity index (χ1) is 15.3. The normalized spacial score (nSPS) is 11.7. The lowest BCUT2D eigenvalue weighted by Gasteiger charge is -2.31. The highest BCUT2D eigenvalue weighted by Gasteiger charge is 2.29. The monoisotopic (exact) mass is 542 g/mol. The van der Waals surface area contributed by atoms with Gasteiger partial charge in [0.1, 0.15) is 11.8 Å². The Bertz CT molecular complexity index is 939. The minimum absolute atomic E-state index is 0.178. The van der Waals surface area contributed by atoms with Gasteiger partial charge in [-0.2, -0.15) is 0 Å². The van der Waals surface area contributed by atoms with Gasteiger partial charge in [0.15, 0.2) is 6.61 Å². The summed E-state index contributed by atoms with van der Waals surface area (Å²) in [5, 5.41) is 3.89. The largest absolute Gasteiger partial charge is 0.484 e. The van der Waals surface area contributed by atoms with E-state index in [2.05, 4.69) is 28.2 Å². The van der Waals surface area contributed by atoms with Gasteiger partial charge in [-0.1, -0.05) is 65.5 Å². The number of carbonyl (C=O) groups is 2. The van der Waals surface area contributed by atoms with Crippen molar-refractivity contribution in [2.75, 3.05) is 13.2 Å². The van der Waals surface area contributed by atoms with Gasteiger partial charge in [-0.25, -0.2) is 0 Å². The van der Waals surface area contributed by atoms with E-state index in [1.165, 1.54) is 4.90 Å². The average Bonchev–Trinajstić information content (AvgIpc) is 2.75. The number of aryl methyl sites for hydroxylation is 1. The smallest absolute Gasteiger partial charge is 0.261 e. The van der Waals surface area contributed by atoms with Crippen molar-refractivity contribution in [2.24, 2.45) is 0 Å². The molecular formula is C24H29BrCl2N2O3. The summed E-state index contributed by atoms with van der Waals surface area (Å²) in [6, 6.07) is 9.99. The van der Waals surface area contributed by atoms with Gasteiger partial charge >= 0.3 is 0 Å². The second-order valence-electron chi connectivity index (χ2n) is 7.53. The quantitative estimate of drug-likeness (QED) is 0.345. The van der Waals surface area contributed by atoms with Crippen LogP contribution in [0.4, 0.5) is 0 Å². The van der Waals surface area contributed by atoms with E-state index in [0.29, 0.717) is 34.3 Å². The first-order valence-electron chi connectivity index (χ1n) is 10.7. The second kappa shape index (κ2) is 13.1. The molecule has 0 heterocycles. The van der Waals surface area contributed by atoms with Gasteiger partial charge in [0.05, 0.1) is 0 Å². The Labute approximate surface area is 208 Å². The predicted octanol–water partition coefficient (Wildman–Crippen LogP) is 6.17. The highest BCUT2D eigenvalue weighted by Crippen LogP contribution is 2.25. The van der Waals surface area contributed by atoms with Gasteiger partial charge in [0, 0.05) is 27.6 Å². The number of rotatable bonds is 11. The van der Waals surface area contributed by atoms with E-state index < -0.39 is 6.04 Å². The van der Waals surface area contributed by atoms with E-state index in [4.69, 9.17) is 27.9 Å². The highest BCUT2D eigenvalue weighted by molar-refractivity contribution is 9.10. The summed E-state index contributed by atoms with van der Waals surface area (Å²) in [6.07, 6.45) is 2.32. The van der Waals surface area contributed by atoms with Gasteiger partial charge in [-0.15, -0.1) is 0 Å². The predicted molar refractivity (Wildman–Crippen MR) is 133 cm³/mol. The third-order valence-electron chi connectivity index (χ3n) is 5.06. The van der Waals surface area contributed by atoms with Crippen molar-refractivity contribution < 1.29 is 14.3 Å². The lowest BCUT2D eigenvalue weighted by atomic mass is 10.1. The van der Waals surface area contributed by atoms with Crippen LogP contribution < -0.4 is 10.1 Å². The van der Waals surface area contributed by atoms with Crippen LogP contribution >= 0.6 is 39.1 Å². The van der Waals surface area contributed by atoms with Gasteiger partial charge in [-0.3, -0.25) is 9.59 Å². The topological polar surface area (TPSA) is 58.6 Å². The molecule has 2 rings (SSSR count). The van der Waals surface area contributed by atoms with Crippen molar-refractivity contribution in [3.8, 4) is 5.75 Å². The molecule has 0 aliphatic rings. The fourth-order valence-corrected chi connectivity index (χ4v) is 3.91. The first-order valence-corrected chi connectivity index (χ1v) is 12.2. The fourth-order valence-electron chi connectivity index (χ4n) is 3.19. The molecule has 174 valence electrons. The van der Waals surface area contributed by atoms with Crippen molar-refractivity contribution in [1.82, 2.24) is 10.2 Å². The Balaban J connectivity index is 2.23. The summed E-state index contributed by atoms with van der Waals surface area (Å²) < 4.78 is 6.71. The zero-order chi connectivity index (χ0) is 23.7. The number of hydrogen-bond donors (Lipinski definition) is 1. The SMILES string of the molecule is CCCCNC(=O)[C@@H](CC)N(Cc1ccc(Cl)cc1Cl)C(=O)COc1ccc(Br)c(C)c1. The maximum atomic E-state index is 13.2. The Morgan fingerprint density at radius 3 is 2.53 bits per heavy atom. The molecule has 0 radical (unpaired) electrons. The van der Waals surface area contributed by atoms with Crippen LogP contribution in [-0.4, -0.2) is 35.9 Å². The van der Waals surface area contributed by atoms with Gasteiger partial charge < -0.3 is 15.0 Å². The molecule has 0 fully saturated rings. The minimum atomic E-state index is -0.638. The van der Waals surface area contributed by atoms with Crippen LogP contribution in [0.1, 0.15) is 44.2 Å².